The van der Waals surface area contributed by atoms with Crippen LogP contribution < -0.4 is 15.5 Å². The maximum absolute atomic E-state index is 12.7. The second-order valence-corrected chi connectivity index (χ2v) is 8.97. The molecular formula is C23H36N6O2. The van der Waals surface area contributed by atoms with Crippen LogP contribution in [0.2, 0.25) is 0 Å². The Morgan fingerprint density at radius 3 is 2.77 bits per heavy atom. The van der Waals surface area contributed by atoms with E-state index in [1.165, 1.54) is 12.8 Å². The number of nitrogens with zero attached hydrogens (tertiary/aromatic N) is 4. The molecule has 2 unspecified atom stereocenters. The topological polar surface area (TPSA) is 82.1 Å². The van der Waals surface area contributed by atoms with Gasteiger partial charge < -0.3 is 25.2 Å². The molecule has 2 atom stereocenters. The van der Waals surface area contributed by atoms with E-state index in [0.717, 1.165) is 69.4 Å². The maximum atomic E-state index is 12.7. The fourth-order valence-corrected chi connectivity index (χ4v) is 4.82. The lowest BCUT2D eigenvalue weighted by atomic mass is 10.1. The van der Waals surface area contributed by atoms with Gasteiger partial charge in [-0.15, -0.1) is 0 Å². The molecule has 170 valence electrons. The number of amides is 1. The zero-order valence-electron chi connectivity index (χ0n) is 18.8. The Morgan fingerprint density at radius 2 is 2.06 bits per heavy atom. The summed E-state index contributed by atoms with van der Waals surface area (Å²) in [5.41, 5.74) is 1.11. The molecule has 3 aliphatic rings. The van der Waals surface area contributed by atoms with E-state index >= 15 is 0 Å². The molecule has 0 spiro atoms. The molecule has 3 heterocycles. The van der Waals surface area contributed by atoms with Crippen LogP contribution in [0.4, 0.5) is 5.82 Å². The minimum absolute atomic E-state index is 0.242. The first-order valence-electron chi connectivity index (χ1n) is 11.7. The number of nitrogens with one attached hydrogen (secondary N) is 2. The highest BCUT2D eigenvalue weighted by molar-refractivity contribution is 5.81. The third-order valence-electron chi connectivity index (χ3n) is 6.60. The average Bonchev–Trinajstić information content (AvgIpc) is 3.49. The van der Waals surface area contributed by atoms with Crippen molar-refractivity contribution >= 4 is 17.7 Å². The van der Waals surface area contributed by atoms with Crippen molar-refractivity contribution in [2.45, 2.75) is 57.7 Å². The summed E-state index contributed by atoms with van der Waals surface area (Å²) in [6, 6.07) is 4.44. The Kier molecular flexibility index (Phi) is 7.27. The molecule has 8 nitrogen and oxygen atoms in total. The summed E-state index contributed by atoms with van der Waals surface area (Å²) in [7, 11) is 1.78. The molecule has 8 heteroatoms. The van der Waals surface area contributed by atoms with Crippen LogP contribution in [0.1, 0.15) is 44.6 Å². The molecule has 1 aromatic heterocycles. The number of aromatic nitrogens is 1. The number of aliphatic imine (C=N–C) groups is 1. The van der Waals surface area contributed by atoms with Crippen LogP contribution in [0.3, 0.4) is 0 Å². The third-order valence-corrected chi connectivity index (χ3v) is 6.60. The van der Waals surface area contributed by atoms with Gasteiger partial charge in [0.1, 0.15) is 5.82 Å². The van der Waals surface area contributed by atoms with Crippen LogP contribution >= 0.6 is 0 Å². The van der Waals surface area contributed by atoms with Gasteiger partial charge in [-0.2, -0.15) is 0 Å². The molecule has 1 aliphatic carbocycles. The van der Waals surface area contributed by atoms with Gasteiger partial charge >= 0.3 is 0 Å². The van der Waals surface area contributed by atoms with Gasteiger partial charge in [-0.25, -0.2) is 4.98 Å². The molecule has 4 rings (SSSR count). The zero-order valence-corrected chi connectivity index (χ0v) is 18.8. The van der Waals surface area contributed by atoms with Crippen molar-refractivity contribution < 1.29 is 9.53 Å². The highest BCUT2D eigenvalue weighted by Gasteiger charge is 2.32. The van der Waals surface area contributed by atoms with E-state index in [2.05, 4.69) is 44.6 Å². The number of guanidine groups is 1. The first-order chi connectivity index (χ1) is 15.1. The number of carbonyl (C=O) groups is 1. The van der Waals surface area contributed by atoms with Crippen LogP contribution in [-0.2, 0) is 16.1 Å². The van der Waals surface area contributed by atoms with Crippen molar-refractivity contribution in [2.24, 2.45) is 10.9 Å². The SMILES string of the molecule is CN=C(NCc1ccc(N2CCOC(C)C2)nc1)NC1CCN(C(=O)C2CCCC2)C1. The Morgan fingerprint density at radius 1 is 1.23 bits per heavy atom. The van der Waals surface area contributed by atoms with Gasteiger partial charge in [0.05, 0.1) is 12.7 Å². The standard InChI is InChI=1S/C23H36N6O2/c1-17-15-28(11-12-31-17)21-8-7-18(13-25-21)14-26-23(24-2)27-20-9-10-29(16-20)22(30)19-5-3-4-6-19/h7-8,13,17,19-20H,3-6,9-12,14-16H2,1-2H3,(H2,24,26,27). The number of carbonyl (C=O) groups excluding carboxylic acids is 1. The lowest BCUT2D eigenvalue weighted by Crippen LogP contribution is -2.45. The molecular weight excluding hydrogens is 392 g/mol. The van der Waals surface area contributed by atoms with Gasteiger partial charge in [0.15, 0.2) is 5.96 Å². The largest absolute Gasteiger partial charge is 0.375 e. The van der Waals surface area contributed by atoms with E-state index in [1.54, 1.807) is 7.05 Å². The Bertz CT molecular complexity index is 762. The van der Waals surface area contributed by atoms with Gasteiger partial charge in [-0.05, 0) is 37.8 Å². The predicted octanol–water partition coefficient (Wildman–Crippen LogP) is 1.76. The van der Waals surface area contributed by atoms with Gasteiger partial charge in [-0.1, -0.05) is 18.9 Å². The predicted molar refractivity (Wildman–Crippen MR) is 122 cm³/mol. The van der Waals surface area contributed by atoms with Crippen molar-refractivity contribution in [2.75, 3.05) is 44.7 Å². The minimum Gasteiger partial charge on any atom is -0.375 e. The van der Waals surface area contributed by atoms with E-state index in [4.69, 9.17) is 4.74 Å². The molecule has 0 radical (unpaired) electrons. The lowest BCUT2D eigenvalue weighted by Gasteiger charge is -2.32. The molecule has 0 aromatic carbocycles. The molecule has 31 heavy (non-hydrogen) atoms. The van der Waals surface area contributed by atoms with Crippen molar-refractivity contribution in [1.29, 1.82) is 0 Å². The summed E-state index contributed by atoms with van der Waals surface area (Å²) in [4.78, 5) is 26.0. The molecule has 2 N–H and O–H groups in total. The second kappa shape index (κ2) is 10.3. The van der Waals surface area contributed by atoms with Gasteiger partial charge in [0, 0.05) is 57.9 Å². The van der Waals surface area contributed by atoms with Crippen molar-refractivity contribution in [3.63, 3.8) is 0 Å². The number of rotatable bonds is 5. The molecule has 0 bridgehead atoms. The average molecular weight is 429 g/mol. The number of hydrogen-bond acceptors (Lipinski definition) is 5. The fourth-order valence-electron chi connectivity index (χ4n) is 4.82. The first kappa shape index (κ1) is 21.9. The highest BCUT2D eigenvalue weighted by atomic mass is 16.5. The van der Waals surface area contributed by atoms with Crippen LogP contribution in [-0.4, -0.2) is 73.7 Å². The summed E-state index contributed by atoms with van der Waals surface area (Å²) in [6.45, 7) is 6.87. The monoisotopic (exact) mass is 428 g/mol. The molecule has 3 fully saturated rings. The van der Waals surface area contributed by atoms with Crippen LogP contribution in [0, 0.1) is 5.92 Å². The highest BCUT2D eigenvalue weighted by Crippen LogP contribution is 2.27. The normalized spacial score (nSPS) is 25.2. The van der Waals surface area contributed by atoms with Crippen molar-refractivity contribution in [3.8, 4) is 0 Å². The van der Waals surface area contributed by atoms with Gasteiger partial charge in [0.2, 0.25) is 5.91 Å². The minimum atomic E-state index is 0.242. The Labute approximate surface area is 185 Å². The Balaban J connectivity index is 1.23. The summed E-state index contributed by atoms with van der Waals surface area (Å²) in [5.74, 6) is 2.38. The fraction of sp³-hybridized carbons (Fsp3) is 0.696. The number of anilines is 1. The van der Waals surface area contributed by atoms with E-state index in [0.29, 0.717) is 12.5 Å². The quantitative estimate of drug-likeness (QED) is 0.549. The number of pyridine rings is 1. The smallest absolute Gasteiger partial charge is 0.225 e. The molecule has 1 saturated carbocycles. The number of hydrogen-bond donors (Lipinski definition) is 2. The molecule has 1 aromatic rings. The van der Waals surface area contributed by atoms with E-state index in [1.807, 2.05) is 11.1 Å². The third kappa shape index (κ3) is 5.67. The molecule has 2 saturated heterocycles. The number of morpholine rings is 1. The summed E-state index contributed by atoms with van der Waals surface area (Å²) in [6.07, 6.45) is 7.66. The summed E-state index contributed by atoms with van der Waals surface area (Å²) >= 11 is 0. The van der Waals surface area contributed by atoms with E-state index in [-0.39, 0.29) is 18.1 Å². The summed E-state index contributed by atoms with van der Waals surface area (Å²) < 4.78 is 5.61. The van der Waals surface area contributed by atoms with Crippen LogP contribution in [0.25, 0.3) is 0 Å². The number of ether oxygens (including phenoxy) is 1. The zero-order chi connectivity index (χ0) is 21.6. The Hall–Kier alpha value is -2.35. The first-order valence-corrected chi connectivity index (χ1v) is 11.7. The van der Waals surface area contributed by atoms with E-state index in [9.17, 15) is 4.79 Å². The maximum Gasteiger partial charge on any atom is 0.225 e. The van der Waals surface area contributed by atoms with E-state index < -0.39 is 0 Å². The van der Waals surface area contributed by atoms with Crippen molar-refractivity contribution in [1.82, 2.24) is 20.5 Å². The van der Waals surface area contributed by atoms with Gasteiger partial charge in [-0.3, -0.25) is 9.79 Å². The second-order valence-electron chi connectivity index (χ2n) is 8.97. The molecule has 1 amide bonds. The van der Waals surface area contributed by atoms with Gasteiger partial charge in [0.25, 0.3) is 0 Å². The molecule has 2 aliphatic heterocycles. The summed E-state index contributed by atoms with van der Waals surface area (Å²) in [5, 5.41) is 6.86. The lowest BCUT2D eigenvalue weighted by molar-refractivity contribution is -0.134. The van der Waals surface area contributed by atoms with Crippen LogP contribution in [0.15, 0.2) is 23.3 Å². The van der Waals surface area contributed by atoms with Crippen LogP contribution in [0.5, 0.6) is 0 Å². The number of likely N-dealkylation sites (tertiary alicyclic amines) is 1. The van der Waals surface area contributed by atoms with Crippen molar-refractivity contribution in [3.05, 3.63) is 23.9 Å².